The van der Waals surface area contributed by atoms with Crippen LogP contribution in [0.15, 0.2) is 65.6 Å². The van der Waals surface area contributed by atoms with Crippen LogP contribution in [-0.4, -0.2) is 44.2 Å². The van der Waals surface area contributed by atoms with Crippen LogP contribution in [0.5, 0.6) is 0 Å². The number of benzene rings is 2. The summed E-state index contributed by atoms with van der Waals surface area (Å²) in [5, 5.41) is 5.50. The molecule has 0 aromatic heterocycles. The Balaban J connectivity index is 1.52. The highest BCUT2D eigenvalue weighted by molar-refractivity contribution is 7.89. The van der Waals surface area contributed by atoms with Crippen LogP contribution in [0, 0.1) is 5.92 Å². The monoisotopic (exact) mass is 429 g/mol. The lowest BCUT2D eigenvalue weighted by Gasteiger charge is -2.31. The molecule has 30 heavy (non-hydrogen) atoms. The van der Waals surface area contributed by atoms with Gasteiger partial charge in [-0.1, -0.05) is 48.5 Å². The second-order valence-electron chi connectivity index (χ2n) is 7.43. The SMILES string of the molecule is C[C@@H](NC(=O)CNC(=O)[C@@H]1CCCN(S(=O)(=O)c2ccccc2)C1)c1ccccc1. The first-order chi connectivity index (χ1) is 14.4. The van der Waals surface area contributed by atoms with Crippen LogP contribution >= 0.6 is 0 Å². The maximum atomic E-state index is 12.8. The van der Waals surface area contributed by atoms with Crippen molar-refractivity contribution < 1.29 is 18.0 Å². The fraction of sp³-hybridized carbons (Fsp3) is 0.364. The van der Waals surface area contributed by atoms with Gasteiger partial charge in [-0.25, -0.2) is 8.42 Å². The number of rotatable bonds is 7. The summed E-state index contributed by atoms with van der Waals surface area (Å²) in [6.45, 7) is 2.24. The quantitative estimate of drug-likeness (QED) is 0.704. The fourth-order valence-corrected chi connectivity index (χ4v) is 5.09. The zero-order valence-electron chi connectivity index (χ0n) is 17.0. The Labute approximate surface area is 177 Å². The molecule has 2 N–H and O–H groups in total. The number of nitrogens with one attached hydrogen (secondary N) is 2. The van der Waals surface area contributed by atoms with E-state index in [4.69, 9.17) is 0 Å². The maximum absolute atomic E-state index is 12.8. The van der Waals surface area contributed by atoms with Crippen LogP contribution in [0.1, 0.15) is 31.4 Å². The number of piperidine rings is 1. The van der Waals surface area contributed by atoms with E-state index in [0.29, 0.717) is 19.4 Å². The first-order valence-electron chi connectivity index (χ1n) is 10.0. The molecule has 2 amide bonds. The van der Waals surface area contributed by atoms with Gasteiger partial charge in [0, 0.05) is 13.1 Å². The summed E-state index contributed by atoms with van der Waals surface area (Å²) in [5.41, 5.74) is 0.978. The van der Waals surface area contributed by atoms with Crippen molar-refractivity contribution in [2.45, 2.75) is 30.7 Å². The standard InChI is InChI=1S/C22H27N3O4S/c1-17(18-9-4-2-5-10-18)24-21(26)15-23-22(27)19-11-8-14-25(16-19)30(28,29)20-12-6-3-7-13-20/h2-7,9-10,12-13,17,19H,8,11,14-16H2,1H3,(H,23,27)(H,24,26)/t17-,19-/m1/s1. The van der Waals surface area contributed by atoms with E-state index in [2.05, 4.69) is 10.6 Å². The third-order valence-corrected chi connectivity index (χ3v) is 7.12. The molecule has 0 radical (unpaired) electrons. The average Bonchev–Trinajstić information content (AvgIpc) is 2.78. The van der Waals surface area contributed by atoms with Gasteiger partial charge in [0.1, 0.15) is 0 Å². The lowest BCUT2D eigenvalue weighted by molar-refractivity contribution is -0.129. The van der Waals surface area contributed by atoms with Gasteiger partial charge in [-0.3, -0.25) is 9.59 Å². The van der Waals surface area contributed by atoms with Crippen LogP contribution in [0.25, 0.3) is 0 Å². The van der Waals surface area contributed by atoms with E-state index in [0.717, 1.165) is 5.56 Å². The summed E-state index contributed by atoms with van der Waals surface area (Å²) in [6.07, 6.45) is 1.19. The van der Waals surface area contributed by atoms with Crippen LogP contribution in [0.4, 0.5) is 0 Å². The van der Waals surface area contributed by atoms with E-state index < -0.39 is 15.9 Å². The number of carbonyl (C=O) groups is 2. The van der Waals surface area contributed by atoms with Gasteiger partial charge in [-0.15, -0.1) is 0 Å². The van der Waals surface area contributed by atoms with Gasteiger partial charge < -0.3 is 10.6 Å². The molecule has 0 unspecified atom stereocenters. The highest BCUT2D eigenvalue weighted by atomic mass is 32.2. The van der Waals surface area contributed by atoms with E-state index in [-0.39, 0.29) is 35.8 Å². The molecule has 0 bridgehead atoms. The number of sulfonamides is 1. The topological polar surface area (TPSA) is 95.6 Å². The van der Waals surface area contributed by atoms with Crippen molar-refractivity contribution in [1.29, 1.82) is 0 Å². The van der Waals surface area contributed by atoms with Gasteiger partial charge in [-0.05, 0) is 37.5 Å². The highest BCUT2D eigenvalue weighted by Gasteiger charge is 2.33. The number of amides is 2. The van der Waals surface area contributed by atoms with E-state index in [1.807, 2.05) is 37.3 Å². The maximum Gasteiger partial charge on any atom is 0.243 e. The van der Waals surface area contributed by atoms with E-state index >= 15 is 0 Å². The molecule has 1 heterocycles. The summed E-state index contributed by atoms with van der Waals surface area (Å²) in [6, 6.07) is 17.6. The minimum absolute atomic E-state index is 0.116. The van der Waals surface area contributed by atoms with Crippen molar-refractivity contribution in [2.24, 2.45) is 5.92 Å². The predicted octanol–water partition coefficient (Wildman–Crippen LogP) is 2.08. The van der Waals surface area contributed by atoms with Crippen molar-refractivity contribution in [1.82, 2.24) is 14.9 Å². The third kappa shape index (κ3) is 5.46. The molecule has 2 atom stereocenters. The summed E-state index contributed by atoms with van der Waals surface area (Å²) in [4.78, 5) is 25.0. The molecule has 7 nitrogen and oxygen atoms in total. The summed E-state index contributed by atoms with van der Waals surface area (Å²) in [7, 11) is -3.63. The van der Waals surface area contributed by atoms with Crippen LogP contribution in [-0.2, 0) is 19.6 Å². The molecule has 1 saturated heterocycles. The normalized spacial score (nSPS) is 18.4. The van der Waals surface area contributed by atoms with Gasteiger partial charge >= 0.3 is 0 Å². The molecule has 2 aromatic carbocycles. The van der Waals surface area contributed by atoms with Gasteiger partial charge in [0.2, 0.25) is 21.8 Å². The largest absolute Gasteiger partial charge is 0.348 e. The van der Waals surface area contributed by atoms with Gasteiger partial charge in [0.25, 0.3) is 0 Å². The Morgan fingerprint density at radius 3 is 2.37 bits per heavy atom. The van der Waals surface area contributed by atoms with Crippen LogP contribution < -0.4 is 10.6 Å². The second kappa shape index (κ2) is 9.86. The number of nitrogens with zero attached hydrogens (tertiary/aromatic N) is 1. The number of hydrogen-bond donors (Lipinski definition) is 2. The van der Waals surface area contributed by atoms with Gasteiger partial charge in [0.15, 0.2) is 0 Å². The van der Waals surface area contributed by atoms with E-state index in [9.17, 15) is 18.0 Å². The Hall–Kier alpha value is -2.71. The average molecular weight is 430 g/mol. The molecule has 1 aliphatic heterocycles. The Morgan fingerprint density at radius 1 is 1.07 bits per heavy atom. The highest BCUT2D eigenvalue weighted by Crippen LogP contribution is 2.23. The Bertz CT molecular complexity index is 964. The summed E-state index contributed by atoms with van der Waals surface area (Å²) in [5.74, 6) is -1.06. The second-order valence-corrected chi connectivity index (χ2v) is 9.37. The molecular formula is C22H27N3O4S. The minimum atomic E-state index is -3.63. The zero-order chi connectivity index (χ0) is 21.6. The van der Waals surface area contributed by atoms with Gasteiger partial charge in [-0.2, -0.15) is 4.31 Å². The van der Waals surface area contributed by atoms with E-state index in [1.54, 1.807) is 30.3 Å². The molecule has 1 aliphatic rings. The van der Waals surface area contributed by atoms with E-state index in [1.165, 1.54) is 4.31 Å². The lowest BCUT2D eigenvalue weighted by atomic mass is 9.99. The van der Waals surface area contributed by atoms with Crippen molar-refractivity contribution in [3.05, 3.63) is 66.2 Å². The summed E-state index contributed by atoms with van der Waals surface area (Å²) >= 11 is 0. The number of hydrogen-bond acceptors (Lipinski definition) is 4. The van der Waals surface area contributed by atoms with Crippen molar-refractivity contribution in [3.8, 4) is 0 Å². The lowest BCUT2D eigenvalue weighted by Crippen LogP contribution is -2.47. The van der Waals surface area contributed by atoms with Crippen LogP contribution in [0.2, 0.25) is 0 Å². The number of carbonyl (C=O) groups excluding carboxylic acids is 2. The molecular weight excluding hydrogens is 402 g/mol. The fourth-order valence-electron chi connectivity index (χ4n) is 3.55. The van der Waals surface area contributed by atoms with Gasteiger partial charge in [0.05, 0.1) is 23.4 Å². The molecule has 0 aliphatic carbocycles. The predicted molar refractivity (Wildman–Crippen MR) is 114 cm³/mol. The van der Waals surface area contributed by atoms with Crippen molar-refractivity contribution in [3.63, 3.8) is 0 Å². The van der Waals surface area contributed by atoms with Crippen molar-refractivity contribution in [2.75, 3.05) is 19.6 Å². The summed E-state index contributed by atoms with van der Waals surface area (Å²) < 4.78 is 27.0. The van der Waals surface area contributed by atoms with Crippen molar-refractivity contribution >= 4 is 21.8 Å². The third-order valence-electron chi connectivity index (χ3n) is 5.24. The first-order valence-corrected chi connectivity index (χ1v) is 11.5. The molecule has 0 spiro atoms. The minimum Gasteiger partial charge on any atom is -0.348 e. The Kier molecular flexibility index (Phi) is 7.23. The zero-order valence-corrected chi connectivity index (χ0v) is 17.8. The molecule has 160 valence electrons. The molecule has 3 rings (SSSR count). The molecule has 0 saturated carbocycles. The molecule has 1 fully saturated rings. The molecule has 2 aromatic rings. The molecule has 8 heteroatoms. The Morgan fingerprint density at radius 2 is 1.70 bits per heavy atom. The first kappa shape index (κ1) is 22.0. The van der Waals surface area contributed by atoms with Crippen LogP contribution in [0.3, 0.4) is 0 Å². The smallest absolute Gasteiger partial charge is 0.243 e.